The number of carbonyl (C=O) groups is 3. The van der Waals surface area contributed by atoms with Gasteiger partial charge in [0, 0.05) is 0 Å². The van der Waals surface area contributed by atoms with Crippen molar-refractivity contribution in [1.29, 1.82) is 0 Å². The van der Waals surface area contributed by atoms with E-state index < -0.39 is 17.8 Å². The lowest BCUT2D eigenvalue weighted by molar-refractivity contribution is -0.255. The molecule has 0 aliphatic rings. The van der Waals surface area contributed by atoms with E-state index in [9.17, 15) is 24.3 Å². The first-order valence-corrected chi connectivity index (χ1v) is 12.1. The standard InChI is InChI=1S/C24H19N3O6S2/c1-33-23(32)16-4-2-3-5-17(16)25-19(28)13-35-24-26-18-10-11-34-20(18)21(29)27(24)12-14-6-8-15(9-7-14)22(30)31/h2-11H,12-13H2,1H3,(H,25,28)(H,30,31)/p-1. The molecule has 0 fully saturated rings. The molecule has 1 N–H and O–H groups in total. The summed E-state index contributed by atoms with van der Waals surface area (Å²) in [6.45, 7) is 0.141. The summed E-state index contributed by atoms with van der Waals surface area (Å²) in [4.78, 5) is 53.3. The van der Waals surface area contributed by atoms with Crippen molar-refractivity contribution in [3.63, 3.8) is 0 Å². The third-order valence-electron chi connectivity index (χ3n) is 5.00. The molecule has 0 spiro atoms. The molecule has 4 aromatic rings. The minimum absolute atomic E-state index is 0.0337. The molecule has 0 aliphatic carbocycles. The van der Waals surface area contributed by atoms with Gasteiger partial charge in [0.05, 0.1) is 42.1 Å². The quantitative estimate of drug-likeness (QED) is 0.218. The largest absolute Gasteiger partial charge is 0.545 e. The number of thiophene rings is 1. The number of esters is 1. The number of carboxylic acid groups (broad SMARTS) is 1. The maximum Gasteiger partial charge on any atom is 0.339 e. The van der Waals surface area contributed by atoms with E-state index in [2.05, 4.69) is 10.3 Å². The van der Waals surface area contributed by atoms with Crippen LogP contribution in [-0.2, 0) is 16.1 Å². The summed E-state index contributed by atoms with van der Waals surface area (Å²) in [5, 5.41) is 15.8. The Balaban J connectivity index is 1.57. The van der Waals surface area contributed by atoms with Crippen LogP contribution in [0.1, 0.15) is 26.3 Å². The number of thioether (sulfide) groups is 1. The second-order valence-corrected chi connectivity index (χ2v) is 9.14. The Morgan fingerprint density at radius 1 is 1.11 bits per heavy atom. The molecule has 178 valence electrons. The molecule has 35 heavy (non-hydrogen) atoms. The van der Waals surface area contributed by atoms with Crippen LogP contribution >= 0.6 is 23.1 Å². The number of anilines is 1. The maximum absolute atomic E-state index is 13.1. The number of rotatable bonds is 8. The highest BCUT2D eigenvalue weighted by Crippen LogP contribution is 2.23. The van der Waals surface area contributed by atoms with Crippen LogP contribution in [0.15, 0.2) is 69.9 Å². The zero-order valence-corrected chi connectivity index (χ0v) is 20.0. The monoisotopic (exact) mass is 508 g/mol. The first-order valence-electron chi connectivity index (χ1n) is 10.3. The fraction of sp³-hybridized carbons (Fsp3) is 0.125. The average molecular weight is 509 g/mol. The van der Waals surface area contributed by atoms with E-state index in [-0.39, 0.29) is 29.0 Å². The summed E-state index contributed by atoms with van der Waals surface area (Å²) in [6.07, 6.45) is 0. The lowest BCUT2D eigenvalue weighted by Crippen LogP contribution is -2.24. The van der Waals surface area contributed by atoms with Crippen molar-refractivity contribution in [3.05, 3.63) is 87.0 Å². The number of fused-ring (bicyclic) bond motifs is 1. The molecule has 0 aliphatic heterocycles. The van der Waals surface area contributed by atoms with Crippen LogP contribution < -0.4 is 16.0 Å². The highest BCUT2D eigenvalue weighted by atomic mass is 32.2. The van der Waals surface area contributed by atoms with E-state index in [1.807, 2.05) is 0 Å². The molecule has 0 bridgehead atoms. The lowest BCUT2D eigenvalue weighted by Gasteiger charge is -2.13. The second-order valence-electron chi connectivity index (χ2n) is 7.28. The number of aromatic carboxylic acids is 1. The average Bonchev–Trinajstić information content (AvgIpc) is 3.34. The van der Waals surface area contributed by atoms with Gasteiger partial charge in [-0.25, -0.2) is 9.78 Å². The second kappa shape index (κ2) is 10.5. The molecule has 4 rings (SSSR count). The molecule has 0 radical (unpaired) electrons. The van der Waals surface area contributed by atoms with E-state index in [4.69, 9.17) is 4.74 Å². The van der Waals surface area contributed by atoms with Gasteiger partial charge in [0.2, 0.25) is 5.91 Å². The summed E-state index contributed by atoms with van der Waals surface area (Å²) in [7, 11) is 1.26. The number of nitrogens with zero attached hydrogens (tertiary/aromatic N) is 2. The van der Waals surface area contributed by atoms with Crippen LogP contribution in [0.4, 0.5) is 5.69 Å². The van der Waals surface area contributed by atoms with Gasteiger partial charge in [0.1, 0.15) is 4.70 Å². The molecule has 2 aromatic carbocycles. The zero-order chi connectivity index (χ0) is 24.9. The van der Waals surface area contributed by atoms with Crippen molar-refractivity contribution in [1.82, 2.24) is 9.55 Å². The van der Waals surface area contributed by atoms with Crippen molar-refractivity contribution >= 4 is 56.8 Å². The van der Waals surface area contributed by atoms with Gasteiger partial charge in [-0.2, -0.15) is 0 Å². The van der Waals surface area contributed by atoms with Crippen LogP contribution in [-0.4, -0.2) is 40.3 Å². The van der Waals surface area contributed by atoms with Crippen LogP contribution in [0.2, 0.25) is 0 Å². The molecular formula is C24H18N3O6S2-. The number of carboxylic acids is 1. The van der Waals surface area contributed by atoms with E-state index in [1.54, 1.807) is 47.8 Å². The predicted octanol–water partition coefficient (Wildman–Crippen LogP) is 2.39. The molecule has 2 aromatic heterocycles. The Morgan fingerprint density at radius 2 is 1.86 bits per heavy atom. The van der Waals surface area contributed by atoms with E-state index >= 15 is 0 Å². The number of nitrogens with one attached hydrogen (secondary N) is 1. The van der Waals surface area contributed by atoms with Crippen molar-refractivity contribution in [2.75, 3.05) is 18.2 Å². The van der Waals surface area contributed by atoms with Gasteiger partial charge in [0.15, 0.2) is 5.16 Å². The van der Waals surface area contributed by atoms with Crippen LogP contribution in [0, 0.1) is 0 Å². The highest BCUT2D eigenvalue weighted by molar-refractivity contribution is 7.99. The summed E-state index contributed by atoms with van der Waals surface area (Å²) >= 11 is 2.35. The van der Waals surface area contributed by atoms with Crippen LogP contribution in [0.3, 0.4) is 0 Å². The zero-order valence-electron chi connectivity index (χ0n) is 18.3. The number of aromatic nitrogens is 2. The van der Waals surface area contributed by atoms with Crippen molar-refractivity contribution in [2.24, 2.45) is 0 Å². The predicted molar refractivity (Wildman–Crippen MR) is 131 cm³/mol. The minimum Gasteiger partial charge on any atom is -0.545 e. The number of carbonyl (C=O) groups excluding carboxylic acids is 3. The smallest absolute Gasteiger partial charge is 0.339 e. The van der Waals surface area contributed by atoms with E-state index in [0.717, 1.165) is 11.8 Å². The van der Waals surface area contributed by atoms with Crippen LogP contribution in [0.25, 0.3) is 10.2 Å². The molecule has 0 saturated carbocycles. The summed E-state index contributed by atoms with van der Waals surface area (Å²) < 4.78 is 6.68. The van der Waals surface area contributed by atoms with Crippen molar-refractivity contribution in [2.45, 2.75) is 11.7 Å². The normalized spacial score (nSPS) is 10.8. The number of benzene rings is 2. The van der Waals surface area contributed by atoms with Crippen molar-refractivity contribution in [3.8, 4) is 0 Å². The number of para-hydroxylation sites is 1. The van der Waals surface area contributed by atoms with Gasteiger partial charge in [-0.05, 0) is 34.7 Å². The lowest BCUT2D eigenvalue weighted by atomic mass is 10.1. The summed E-state index contributed by atoms with van der Waals surface area (Å²) in [6, 6.07) is 14.2. The Labute approximate surface area is 207 Å². The number of hydrogen-bond donors (Lipinski definition) is 1. The third-order valence-corrected chi connectivity index (χ3v) is 6.87. The highest BCUT2D eigenvalue weighted by Gasteiger charge is 2.17. The Hall–Kier alpha value is -3.96. The van der Waals surface area contributed by atoms with Crippen LogP contribution in [0.5, 0.6) is 0 Å². The van der Waals surface area contributed by atoms with Gasteiger partial charge < -0.3 is 20.0 Å². The number of amides is 1. The molecule has 11 heteroatoms. The van der Waals surface area contributed by atoms with Crippen molar-refractivity contribution < 1.29 is 24.2 Å². The SMILES string of the molecule is COC(=O)c1ccccc1NC(=O)CSc1nc2ccsc2c(=O)n1Cc1ccc(C(=O)[O-])cc1. The number of hydrogen-bond acceptors (Lipinski definition) is 9. The molecule has 1 amide bonds. The van der Waals surface area contributed by atoms with Gasteiger partial charge in [-0.15, -0.1) is 11.3 Å². The Kier molecular flexibility index (Phi) is 7.28. The summed E-state index contributed by atoms with van der Waals surface area (Å²) in [5.41, 5.74) is 1.54. The van der Waals surface area contributed by atoms with Gasteiger partial charge in [-0.1, -0.05) is 48.2 Å². The fourth-order valence-electron chi connectivity index (χ4n) is 3.30. The third kappa shape index (κ3) is 5.42. The van der Waals surface area contributed by atoms with E-state index in [1.165, 1.54) is 35.1 Å². The van der Waals surface area contributed by atoms with Gasteiger partial charge >= 0.3 is 5.97 Å². The van der Waals surface area contributed by atoms with Gasteiger partial charge in [-0.3, -0.25) is 14.2 Å². The molecule has 9 nitrogen and oxygen atoms in total. The minimum atomic E-state index is -1.29. The van der Waals surface area contributed by atoms with E-state index in [0.29, 0.717) is 26.6 Å². The Morgan fingerprint density at radius 3 is 2.57 bits per heavy atom. The molecule has 2 heterocycles. The fourth-order valence-corrected chi connectivity index (χ4v) is 4.88. The first-order chi connectivity index (χ1) is 16.9. The molecule has 0 unspecified atom stereocenters. The number of ether oxygens (including phenoxy) is 1. The first kappa shape index (κ1) is 24.2. The molecule has 0 saturated heterocycles. The molecular weight excluding hydrogens is 490 g/mol. The topological polar surface area (TPSA) is 130 Å². The molecule has 0 atom stereocenters. The Bertz CT molecular complexity index is 1480. The summed E-state index contributed by atoms with van der Waals surface area (Å²) in [5.74, 6) is -2.32. The number of methoxy groups -OCH3 is 1. The maximum atomic E-state index is 13.1. The van der Waals surface area contributed by atoms with Gasteiger partial charge in [0.25, 0.3) is 5.56 Å².